The lowest BCUT2D eigenvalue weighted by atomic mass is 10.4. The second-order valence-electron chi connectivity index (χ2n) is 1.76. The van der Waals surface area contributed by atoms with Crippen molar-refractivity contribution in [1.82, 2.24) is 5.32 Å². The molecule has 0 aromatic rings. The molecule has 0 aliphatic heterocycles. The normalized spacial score (nSPS) is 12.9. The maximum atomic E-state index is 11.7. The molecule has 0 saturated heterocycles. The number of amides is 1. The van der Waals surface area contributed by atoms with Crippen molar-refractivity contribution < 1.29 is 18.3 Å². The zero-order valence-electron chi connectivity index (χ0n) is 5.73. The van der Waals surface area contributed by atoms with E-state index in [2.05, 4.69) is 4.74 Å². The number of hydrogen-bond donors (Lipinski definition) is 1. The number of carbonyl (C=O) groups is 1. The fourth-order valence-corrected chi connectivity index (χ4v) is 0.308. The average molecular weight is 153 g/mol. The lowest BCUT2D eigenvalue weighted by Crippen LogP contribution is -2.37. The molecular formula is C5H9F2NO2. The van der Waals surface area contributed by atoms with E-state index >= 15 is 0 Å². The number of alkyl carbamates (subject to hydrolysis) is 1. The number of rotatable bonds is 2. The second kappa shape index (κ2) is 4.03. The highest BCUT2D eigenvalue weighted by molar-refractivity contribution is 5.67. The zero-order chi connectivity index (χ0) is 8.15. The molecule has 0 aromatic carbocycles. The highest BCUT2D eigenvalue weighted by Gasteiger charge is 2.16. The second-order valence-corrected chi connectivity index (χ2v) is 1.76. The largest absolute Gasteiger partial charge is 0.453 e. The summed E-state index contributed by atoms with van der Waals surface area (Å²) in [5.41, 5.74) is 0. The van der Waals surface area contributed by atoms with Crippen LogP contribution in [0.15, 0.2) is 0 Å². The van der Waals surface area contributed by atoms with Gasteiger partial charge in [0.05, 0.1) is 13.2 Å². The summed E-state index contributed by atoms with van der Waals surface area (Å²) in [6.45, 7) is 1.20. The number of halogens is 2. The molecule has 1 atom stereocenters. The Labute approximate surface area is 57.4 Å². The summed E-state index contributed by atoms with van der Waals surface area (Å²) >= 11 is 0. The van der Waals surface area contributed by atoms with Crippen LogP contribution in [0.5, 0.6) is 0 Å². The van der Waals surface area contributed by atoms with Crippen molar-refractivity contribution in [2.45, 2.75) is 19.4 Å². The van der Waals surface area contributed by atoms with Gasteiger partial charge in [-0.1, -0.05) is 0 Å². The van der Waals surface area contributed by atoms with Crippen molar-refractivity contribution in [2.24, 2.45) is 0 Å². The van der Waals surface area contributed by atoms with Gasteiger partial charge in [0, 0.05) is 0 Å². The van der Waals surface area contributed by atoms with Crippen molar-refractivity contribution in [1.29, 1.82) is 0 Å². The molecular weight excluding hydrogens is 144 g/mol. The Bertz CT molecular complexity index is 118. The van der Waals surface area contributed by atoms with Crippen LogP contribution in [0.3, 0.4) is 0 Å². The zero-order valence-corrected chi connectivity index (χ0v) is 5.73. The summed E-state index contributed by atoms with van der Waals surface area (Å²) in [6.07, 6.45) is -3.40. The minimum atomic E-state index is -2.56. The van der Waals surface area contributed by atoms with Crippen molar-refractivity contribution in [2.75, 3.05) is 7.11 Å². The Morgan fingerprint density at radius 3 is 2.40 bits per heavy atom. The number of nitrogens with one attached hydrogen (secondary N) is 1. The van der Waals surface area contributed by atoms with Crippen LogP contribution in [0, 0.1) is 0 Å². The predicted octanol–water partition coefficient (Wildman–Crippen LogP) is 0.996. The van der Waals surface area contributed by atoms with Crippen LogP contribution in [0.4, 0.5) is 13.6 Å². The Balaban J connectivity index is 3.57. The van der Waals surface area contributed by atoms with Gasteiger partial charge in [0.1, 0.15) is 0 Å². The van der Waals surface area contributed by atoms with E-state index in [4.69, 9.17) is 0 Å². The SMILES string of the molecule is COC(=O)N[C@H](C)C(F)F. The Kier molecular flexibility index (Phi) is 3.68. The van der Waals surface area contributed by atoms with E-state index in [9.17, 15) is 13.6 Å². The first-order valence-corrected chi connectivity index (χ1v) is 2.70. The minimum absolute atomic E-state index is 0.840. The molecule has 0 aliphatic carbocycles. The van der Waals surface area contributed by atoms with Crippen LogP contribution in [-0.4, -0.2) is 25.7 Å². The van der Waals surface area contributed by atoms with Gasteiger partial charge < -0.3 is 10.1 Å². The maximum absolute atomic E-state index is 11.7. The summed E-state index contributed by atoms with van der Waals surface area (Å²) in [5.74, 6) is 0. The number of ether oxygens (including phenoxy) is 1. The molecule has 0 aliphatic rings. The van der Waals surface area contributed by atoms with Gasteiger partial charge in [-0.05, 0) is 6.92 Å². The molecule has 0 spiro atoms. The first kappa shape index (κ1) is 9.13. The van der Waals surface area contributed by atoms with Crippen LogP contribution in [0.2, 0.25) is 0 Å². The molecule has 3 nitrogen and oxygen atoms in total. The molecule has 0 saturated carbocycles. The molecule has 0 unspecified atom stereocenters. The fraction of sp³-hybridized carbons (Fsp3) is 0.800. The summed E-state index contributed by atoms with van der Waals surface area (Å²) in [6, 6.07) is -1.16. The molecule has 60 valence electrons. The van der Waals surface area contributed by atoms with Crippen LogP contribution in [-0.2, 0) is 4.74 Å². The molecule has 0 aromatic heterocycles. The van der Waals surface area contributed by atoms with E-state index in [1.807, 2.05) is 5.32 Å². The molecule has 5 heteroatoms. The van der Waals surface area contributed by atoms with Crippen molar-refractivity contribution in [3.8, 4) is 0 Å². The molecule has 0 bridgehead atoms. The van der Waals surface area contributed by atoms with E-state index in [0.717, 1.165) is 7.11 Å². The van der Waals surface area contributed by atoms with Crippen molar-refractivity contribution in [3.05, 3.63) is 0 Å². The summed E-state index contributed by atoms with van der Waals surface area (Å²) in [4.78, 5) is 10.3. The van der Waals surface area contributed by atoms with Crippen LogP contribution >= 0.6 is 0 Å². The van der Waals surface area contributed by atoms with Crippen LogP contribution < -0.4 is 5.32 Å². The van der Waals surface area contributed by atoms with Gasteiger partial charge in [0.25, 0.3) is 6.43 Å². The molecule has 0 heterocycles. The number of methoxy groups -OCH3 is 1. The van der Waals surface area contributed by atoms with E-state index in [0.29, 0.717) is 0 Å². The topological polar surface area (TPSA) is 38.3 Å². The third-order valence-electron chi connectivity index (χ3n) is 0.909. The van der Waals surface area contributed by atoms with Crippen molar-refractivity contribution >= 4 is 6.09 Å². The van der Waals surface area contributed by atoms with Crippen LogP contribution in [0.1, 0.15) is 6.92 Å². The highest BCUT2D eigenvalue weighted by Crippen LogP contribution is 1.98. The summed E-state index contributed by atoms with van der Waals surface area (Å²) in [7, 11) is 1.12. The van der Waals surface area contributed by atoms with Crippen molar-refractivity contribution in [3.63, 3.8) is 0 Å². The van der Waals surface area contributed by atoms with Gasteiger partial charge in [-0.2, -0.15) is 0 Å². The molecule has 0 radical (unpaired) electrons. The molecule has 0 rings (SSSR count). The summed E-state index contributed by atoms with van der Waals surface area (Å²) < 4.78 is 27.4. The number of alkyl halides is 2. The molecule has 1 amide bonds. The van der Waals surface area contributed by atoms with E-state index < -0.39 is 18.6 Å². The predicted molar refractivity (Wildman–Crippen MR) is 31.0 cm³/mol. The molecule has 1 N–H and O–H groups in total. The quantitative estimate of drug-likeness (QED) is 0.642. The molecule has 0 fully saturated rings. The number of carbonyl (C=O) groups excluding carboxylic acids is 1. The van der Waals surface area contributed by atoms with Gasteiger partial charge in [-0.15, -0.1) is 0 Å². The highest BCUT2D eigenvalue weighted by atomic mass is 19.3. The maximum Gasteiger partial charge on any atom is 0.407 e. The Hall–Kier alpha value is -0.870. The average Bonchev–Trinajstić information content (AvgIpc) is 1.87. The monoisotopic (exact) mass is 153 g/mol. The lowest BCUT2D eigenvalue weighted by molar-refractivity contribution is 0.0974. The van der Waals surface area contributed by atoms with Crippen LogP contribution in [0.25, 0.3) is 0 Å². The standard InChI is InChI=1S/C5H9F2NO2/c1-3(4(6)7)8-5(9)10-2/h3-4H,1-2H3,(H,8,9)/t3-/m1/s1. The van der Waals surface area contributed by atoms with E-state index in [-0.39, 0.29) is 0 Å². The lowest BCUT2D eigenvalue weighted by Gasteiger charge is -2.10. The van der Waals surface area contributed by atoms with E-state index in [1.165, 1.54) is 6.92 Å². The summed E-state index contributed by atoms with van der Waals surface area (Å²) in [5, 5.41) is 1.92. The van der Waals surface area contributed by atoms with Gasteiger partial charge in [0.2, 0.25) is 0 Å². The first-order chi connectivity index (χ1) is 4.57. The number of hydrogen-bond acceptors (Lipinski definition) is 2. The molecule has 10 heavy (non-hydrogen) atoms. The smallest absolute Gasteiger partial charge is 0.407 e. The third kappa shape index (κ3) is 3.21. The fourth-order valence-electron chi connectivity index (χ4n) is 0.308. The Morgan fingerprint density at radius 2 is 2.10 bits per heavy atom. The third-order valence-corrected chi connectivity index (χ3v) is 0.909. The van der Waals surface area contributed by atoms with E-state index in [1.54, 1.807) is 0 Å². The Morgan fingerprint density at radius 1 is 1.60 bits per heavy atom. The van der Waals surface area contributed by atoms with Gasteiger partial charge in [0.15, 0.2) is 0 Å². The van der Waals surface area contributed by atoms with Gasteiger partial charge >= 0.3 is 6.09 Å². The first-order valence-electron chi connectivity index (χ1n) is 2.70. The van der Waals surface area contributed by atoms with Gasteiger partial charge in [-0.3, -0.25) is 0 Å². The van der Waals surface area contributed by atoms with Gasteiger partial charge in [-0.25, -0.2) is 13.6 Å². The minimum Gasteiger partial charge on any atom is -0.453 e.